The lowest BCUT2D eigenvalue weighted by Gasteiger charge is -2.26. The van der Waals surface area contributed by atoms with Gasteiger partial charge in [0.25, 0.3) is 0 Å². The van der Waals surface area contributed by atoms with Crippen molar-refractivity contribution >= 4 is 41.3 Å². The second-order valence-electron chi connectivity index (χ2n) is 6.30. The standard InChI is InChI=1S/C20H30N4O2S.HI/c1-21-20(22-11-10-16-7-6-12-27-16)23-14-17(24(2)3)15-8-9-18(25-4)19(13-15)26-5;/h6-9,12-13,17H,10-11,14H2,1-5H3,(H2,21,22,23);1H. The van der Waals surface area contributed by atoms with Gasteiger partial charge in [-0.1, -0.05) is 12.1 Å². The highest BCUT2D eigenvalue weighted by atomic mass is 127. The molecule has 1 aromatic heterocycles. The fourth-order valence-corrected chi connectivity index (χ4v) is 3.54. The number of hydrogen-bond donors (Lipinski definition) is 2. The summed E-state index contributed by atoms with van der Waals surface area (Å²) in [5.74, 6) is 2.27. The van der Waals surface area contributed by atoms with Crippen LogP contribution in [0.5, 0.6) is 11.5 Å². The number of ether oxygens (including phenoxy) is 2. The zero-order valence-electron chi connectivity index (χ0n) is 17.2. The molecule has 0 fully saturated rings. The highest BCUT2D eigenvalue weighted by Gasteiger charge is 2.17. The van der Waals surface area contributed by atoms with Crippen LogP contribution in [-0.2, 0) is 6.42 Å². The Labute approximate surface area is 189 Å². The molecule has 2 aromatic rings. The predicted molar refractivity (Wildman–Crippen MR) is 129 cm³/mol. The molecule has 8 heteroatoms. The van der Waals surface area contributed by atoms with Crippen molar-refractivity contribution in [2.24, 2.45) is 4.99 Å². The molecule has 0 radical (unpaired) electrons. The number of halogens is 1. The third-order valence-electron chi connectivity index (χ3n) is 4.35. The molecular formula is C20H31IN4O2S. The van der Waals surface area contributed by atoms with Gasteiger partial charge in [0.2, 0.25) is 0 Å². The Hall–Kier alpha value is -1.52. The van der Waals surface area contributed by atoms with Gasteiger partial charge in [-0.15, -0.1) is 35.3 Å². The number of hydrogen-bond acceptors (Lipinski definition) is 5. The Morgan fingerprint density at radius 2 is 1.89 bits per heavy atom. The largest absolute Gasteiger partial charge is 0.493 e. The Balaban J connectivity index is 0.00000392. The predicted octanol–water partition coefficient (Wildman–Crippen LogP) is 3.39. The molecule has 0 saturated heterocycles. The molecule has 0 saturated carbocycles. The molecule has 0 spiro atoms. The summed E-state index contributed by atoms with van der Waals surface area (Å²) in [4.78, 5) is 7.87. The van der Waals surface area contributed by atoms with Crippen LogP contribution < -0.4 is 20.1 Å². The summed E-state index contributed by atoms with van der Waals surface area (Å²) in [6.07, 6.45) is 0.991. The van der Waals surface area contributed by atoms with Gasteiger partial charge in [-0.2, -0.15) is 0 Å². The summed E-state index contributed by atoms with van der Waals surface area (Å²) in [5, 5.41) is 8.91. The molecule has 1 aromatic carbocycles. The van der Waals surface area contributed by atoms with Crippen molar-refractivity contribution in [3.8, 4) is 11.5 Å². The summed E-state index contributed by atoms with van der Waals surface area (Å²) >= 11 is 1.78. The average Bonchev–Trinajstić information content (AvgIpc) is 3.19. The van der Waals surface area contributed by atoms with E-state index in [1.165, 1.54) is 4.88 Å². The van der Waals surface area contributed by atoms with Gasteiger partial charge < -0.3 is 25.0 Å². The SMILES string of the molecule is CN=C(NCCc1cccs1)NCC(c1ccc(OC)c(OC)c1)N(C)C.I. The average molecular weight is 518 g/mol. The zero-order chi connectivity index (χ0) is 19.6. The van der Waals surface area contributed by atoms with E-state index in [4.69, 9.17) is 9.47 Å². The number of benzene rings is 1. The van der Waals surface area contributed by atoms with E-state index in [-0.39, 0.29) is 30.0 Å². The van der Waals surface area contributed by atoms with Gasteiger partial charge in [-0.05, 0) is 49.7 Å². The summed E-state index contributed by atoms with van der Waals surface area (Å²) in [6, 6.07) is 10.4. The van der Waals surface area contributed by atoms with Crippen molar-refractivity contribution in [2.75, 3.05) is 48.5 Å². The van der Waals surface area contributed by atoms with Crippen LogP contribution in [0.1, 0.15) is 16.5 Å². The van der Waals surface area contributed by atoms with Crippen molar-refractivity contribution < 1.29 is 9.47 Å². The molecule has 2 N–H and O–H groups in total. The minimum atomic E-state index is 0. The first-order valence-corrected chi connectivity index (χ1v) is 9.82. The first-order chi connectivity index (χ1) is 13.1. The van der Waals surface area contributed by atoms with E-state index in [0.29, 0.717) is 0 Å². The van der Waals surface area contributed by atoms with Crippen LogP contribution >= 0.6 is 35.3 Å². The van der Waals surface area contributed by atoms with Gasteiger partial charge in [0.1, 0.15) is 0 Å². The van der Waals surface area contributed by atoms with Gasteiger partial charge in [0, 0.05) is 25.0 Å². The number of aliphatic imine (C=N–C) groups is 1. The molecule has 0 amide bonds. The van der Waals surface area contributed by atoms with Crippen LogP contribution in [-0.4, -0.2) is 59.3 Å². The number of thiophene rings is 1. The van der Waals surface area contributed by atoms with Crippen molar-refractivity contribution in [1.82, 2.24) is 15.5 Å². The Kier molecular flexibility index (Phi) is 11.2. The lowest BCUT2D eigenvalue weighted by molar-refractivity contribution is 0.295. The van der Waals surface area contributed by atoms with E-state index in [9.17, 15) is 0 Å². The topological polar surface area (TPSA) is 58.1 Å². The molecule has 28 heavy (non-hydrogen) atoms. The highest BCUT2D eigenvalue weighted by molar-refractivity contribution is 14.0. The van der Waals surface area contributed by atoms with E-state index in [1.54, 1.807) is 32.6 Å². The maximum absolute atomic E-state index is 5.44. The molecule has 2 rings (SSSR count). The zero-order valence-corrected chi connectivity index (χ0v) is 20.3. The number of guanidine groups is 1. The van der Waals surface area contributed by atoms with Gasteiger partial charge >= 0.3 is 0 Å². The molecule has 1 atom stereocenters. The fourth-order valence-electron chi connectivity index (χ4n) is 2.83. The van der Waals surface area contributed by atoms with Crippen molar-refractivity contribution in [3.05, 3.63) is 46.2 Å². The second-order valence-corrected chi connectivity index (χ2v) is 7.34. The Morgan fingerprint density at radius 3 is 2.46 bits per heavy atom. The quantitative estimate of drug-likeness (QED) is 0.303. The molecule has 0 aliphatic carbocycles. The highest BCUT2D eigenvalue weighted by Crippen LogP contribution is 2.31. The van der Waals surface area contributed by atoms with Crippen molar-refractivity contribution in [2.45, 2.75) is 12.5 Å². The van der Waals surface area contributed by atoms with Crippen molar-refractivity contribution in [3.63, 3.8) is 0 Å². The summed E-state index contributed by atoms with van der Waals surface area (Å²) in [7, 11) is 9.23. The van der Waals surface area contributed by atoms with Gasteiger partial charge in [0.15, 0.2) is 17.5 Å². The number of methoxy groups -OCH3 is 2. The van der Waals surface area contributed by atoms with Gasteiger partial charge in [-0.3, -0.25) is 4.99 Å². The molecule has 6 nitrogen and oxygen atoms in total. The minimum Gasteiger partial charge on any atom is -0.493 e. The fraction of sp³-hybridized carbons (Fsp3) is 0.450. The molecule has 1 unspecified atom stereocenters. The monoisotopic (exact) mass is 518 g/mol. The molecule has 0 bridgehead atoms. The van der Waals surface area contributed by atoms with Gasteiger partial charge in [0.05, 0.1) is 20.3 Å². The number of rotatable bonds is 9. The van der Waals surface area contributed by atoms with Gasteiger partial charge in [-0.25, -0.2) is 0 Å². The number of likely N-dealkylation sites (N-methyl/N-ethyl adjacent to an activating group) is 1. The lowest BCUT2D eigenvalue weighted by Crippen LogP contribution is -2.42. The van der Waals surface area contributed by atoms with Crippen LogP contribution in [0.2, 0.25) is 0 Å². The normalized spacial score (nSPS) is 12.3. The number of nitrogens with zero attached hydrogens (tertiary/aromatic N) is 2. The molecule has 156 valence electrons. The van der Waals surface area contributed by atoms with Crippen LogP contribution in [0, 0.1) is 0 Å². The maximum Gasteiger partial charge on any atom is 0.191 e. The summed E-state index contributed by atoms with van der Waals surface area (Å²) in [6.45, 7) is 1.57. The van der Waals surface area contributed by atoms with Crippen LogP contribution in [0.3, 0.4) is 0 Å². The van der Waals surface area contributed by atoms with E-state index < -0.39 is 0 Å². The molecule has 0 aliphatic rings. The molecule has 1 heterocycles. The van der Waals surface area contributed by atoms with E-state index in [2.05, 4.69) is 58.2 Å². The first kappa shape index (κ1) is 24.5. The van der Waals surface area contributed by atoms with Crippen LogP contribution in [0.4, 0.5) is 0 Å². The Morgan fingerprint density at radius 1 is 1.14 bits per heavy atom. The lowest BCUT2D eigenvalue weighted by atomic mass is 10.1. The van der Waals surface area contributed by atoms with Crippen LogP contribution in [0.25, 0.3) is 0 Å². The number of nitrogens with one attached hydrogen (secondary N) is 2. The molecular weight excluding hydrogens is 487 g/mol. The smallest absolute Gasteiger partial charge is 0.191 e. The van der Waals surface area contributed by atoms with E-state index >= 15 is 0 Å². The third-order valence-corrected chi connectivity index (χ3v) is 5.28. The second kappa shape index (κ2) is 12.8. The maximum atomic E-state index is 5.44. The minimum absolute atomic E-state index is 0. The third kappa shape index (κ3) is 7.14. The summed E-state index contributed by atoms with van der Waals surface area (Å²) < 4.78 is 10.8. The summed E-state index contributed by atoms with van der Waals surface area (Å²) in [5.41, 5.74) is 1.15. The first-order valence-electron chi connectivity index (χ1n) is 8.94. The van der Waals surface area contributed by atoms with E-state index in [1.807, 2.05) is 12.1 Å². The van der Waals surface area contributed by atoms with Crippen molar-refractivity contribution in [1.29, 1.82) is 0 Å². The van der Waals surface area contributed by atoms with E-state index in [0.717, 1.165) is 42.5 Å². The van der Waals surface area contributed by atoms with Crippen LogP contribution in [0.15, 0.2) is 40.7 Å². The Bertz CT molecular complexity index is 723. The molecule has 0 aliphatic heterocycles.